The Balaban J connectivity index is 1.80. The number of fused-ring (bicyclic) bond motifs is 1. The highest BCUT2D eigenvalue weighted by atomic mass is 16.1. The standard InChI is InChI=1S/C14H14N4O/c1-15-14(19)12-6-7-13(17-16-12)18-8-10-4-2-3-5-11(10)9-18/h2-7H,8-9H2,1H3,(H,15,19). The summed E-state index contributed by atoms with van der Waals surface area (Å²) in [7, 11) is 1.58. The number of rotatable bonds is 2. The predicted octanol–water partition coefficient (Wildman–Crippen LogP) is 1.36. The number of nitrogens with one attached hydrogen (secondary N) is 1. The number of amides is 1. The second-order valence-electron chi connectivity index (χ2n) is 4.48. The molecule has 0 bridgehead atoms. The Morgan fingerprint density at radius 2 is 1.79 bits per heavy atom. The van der Waals surface area contributed by atoms with E-state index in [4.69, 9.17) is 0 Å². The number of hydrogen-bond acceptors (Lipinski definition) is 4. The van der Waals surface area contributed by atoms with E-state index >= 15 is 0 Å². The van der Waals surface area contributed by atoms with Gasteiger partial charge < -0.3 is 10.2 Å². The fraction of sp³-hybridized carbons (Fsp3) is 0.214. The first-order valence-electron chi connectivity index (χ1n) is 6.15. The lowest BCUT2D eigenvalue weighted by molar-refractivity contribution is 0.0957. The third-order valence-electron chi connectivity index (χ3n) is 3.27. The van der Waals surface area contributed by atoms with Crippen molar-refractivity contribution in [3.05, 3.63) is 53.2 Å². The zero-order valence-electron chi connectivity index (χ0n) is 10.6. The van der Waals surface area contributed by atoms with Crippen molar-refractivity contribution in [2.24, 2.45) is 0 Å². The fourth-order valence-electron chi connectivity index (χ4n) is 2.24. The van der Waals surface area contributed by atoms with Gasteiger partial charge in [-0.15, -0.1) is 10.2 Å². The summed E-state index contributed by atoms with van der Waals surface area (Å²) in [5, 5.41) is 10.6. The maximum absolute atomic E-state index is 11.4. The Bertz CT molecular complexity index is 584. The molecule has 1 amide bonds. The first-order chi connectivity index (χ1) is 9.28. The van der Waals surface area contributed by atoms with Crippen molar-refractivity contribution in [3.8, 4) is 0 Å². The van der Waals surface area contributed by atoms with Crippen LogP contribution < -0.4 is 10.2 Å². The highest BCUT2D eigenvalue weighted by molar-refractivity contribution is 5.91. The maximum atomic E-state index is 11.4. The molecule has 0 atom stereocenters. The molecule has 0 fully saturated rings. The van der Waals surface area contributed by atoms with Crippen LogP contribution in [0.1, 0.15) is 21.6 Å². The van der Waals surface area contributed by atoms with Crippen LogP contribution in [-0.4, -0.2) is 23.2 Å². The van der Waals surface area contributed by atoms with Gasteiger partial charge in [0.1, 0.15) is 0 Å². The van der Waals surface area contributed by atoms with E-state index in [1.807, 2.05) is 18.2 Å². The molecule has 2 heterocycles. The molecule has 0 saturated heterocycles. The summed E-state index contributed by atoms with van der Waals surface area (Å²) in [6.07, 6.45) is 0. The number of carbonyl (C=O) groups is 1. The van der Waals surface area contributed by atoms with E-state index in [1.165, 1.54) is 11.1 Å². The molecule has 1 aliphatic heterocycles. The summed E-state index contributed by atoms with van der Waals surface area (Å²) in [5.74, 6) is 0.576. The number of aromatic nitrogens is 2. The van der Waals surface area contributed by atoms with Gasteiger partial charge in [-0.1, -0.05) is 24.3 Å². The summed E-state index contributed by atoms with van der Waals surface area (Å²) in [5.41, 5.74) is 2.97. The second kappa shape index (κ2) is 4.68. The van der Waals surface area contributed by atoms with Gasteiger partial charge in [0.15, 0.2) is 11.5 Å². The molecule has 0 radical (unpaired) electrons. The average molecular weight is 254 g/mol. The van der Waals surface area contributed by atoms with Crippen molar-refractivity contribution in [3.63, 3.8) is 0 Å². The molecule has 19 heavy (non-hydrogen) atoms. The summed E-state index contributed by atoms with van der Waals surface area (Å²) < 4.78 is 0. The normalized spacial score (nSPS) is 13.2. The molecule has 1 N–H and O–H groups in total. The van der Waals surface area contributed by atoms with Gasteiger partial charge in [-0.05, 0) is 23.3 Å². The molecule has 5 nitrogen and oxygen atoms in total. The third-order valence-corrected chi connectivity index (χ3v) is 3.27. The van der Waals surface area contributed by atoms with Crippen LogP contribution in [0.15, 0.2) is 36.4 Å². The van der Waals surface area contributed by atoms with Crippen molar-refractivity contribution in [1.82, 2.24) is 15.5 Å². The van der Waals surface area contributed by atoms with Crippen LogP contribution in [0.25, 0.3) is 0 Å². The Morgan fingerprint density at radius 3 is 2.32 bits per heavy atom. The number of benzene rings is 1. The molecule has 1 aliphatic rings. The van der Waals surface area contributed by atoms with Crippen LogP contribution >= 0.6 is 0 Å². The fourth-order valence-corrected chi connectivity index (χ4v) is 2.24. The number of anilines is 1. The first kappa shape index (κ1) is 11.6. The molecule has 0 saturated carbocycles. The van der Waals surface area contributed by atoms with Crippen molar-refractivity contribution in [2.75, 3.05) is 11.9 Å². The van der Waals surface area contributed by atoms with Gasteiger partial charge in [-0.3, -0.25) is 4.79 Å². The zero-order valence-corrected chi connectivity index (χ0v) is 10.6. The lowest BCUT2D eigenvalue weighted by atomic mass is 10.1. The second-order valence-corrected chi connectivity index (χ2v) is 4.48. The maximum Gasteiger partial charge on any atom is 0.271 e. The van der Waals surface area contributed by atoms with Crippen LogP contribution in [0.4, 0.5) is 5.82 Å². The Morgan fingerprint density at radius 1 is 1.11 bits per heavy atom. The van der Waals surface area contributed by atoms with Crippen molar-refractivity contribution >= 4 is 11.7 Å². The van der Waals surface area contributed by atoms with Gasteiger partial charge in [0.25, 0.3) is 5.91 Å². The molecule has 0 unspecified atom stereocenters. The van der Waals surface area contributed by atoms with Crippen LogP contribution in [-0.2, 0) is 13.1 Å². The lowest BCUT2D eigenvalue weighted by Gasteiger charge is -2.15. The van der Waals surface area contributed by atoms with E-state index in [9.17, 15) is 4.79 Å². The molecule has 0 aliphatic carbocycles. The predicted molar refractivity (Wildman–Crippen MR) is 71.8 cm³/mol. The van der Waals surface area contributed by atoms with E-state index in [1.54, 1.807) is 13.1 Å². The summed E-state index contributed by atoms with van der Waals surface area (Å²) in [6.45, 7) is 1.67. The minimum atomic E-state index is -0.219. The molecule has 2 aromatic rings. The van der Waals surface area contributed by atoms with Gasteiger partial charge in [0.05, 0.1) is 0 Å². The molecule has 0 spiro atoms. The highest BCUT2D eigenvalue weighted by Gasteiger charge is 2.20. The molecule has 3 rings (SSSR count). The molecule has 5 heteroatoms. The summed E-state index contributed by atoms with van der Waals surface area (Å²) >= 11 is 0. The zero-order chi connectivity index (χ0) is 13.2. The summed E-state index contributed by atoms with van der Waals surface area (Å²) in [4.78, 5) is 13.5. The number of hydrogen-bond donors (Lipinski definition) is 1. The van der Waals surface area contributed by atoms with Gasteiger partial charge in [0.2, 0.25) is 0 Å². The minimum absolute atomic E-state index is 0.219. The third kappa shape index (κ3) is 2.14. The Labute approximate surface area is 111 Å². The van der Waals surface area contributed by atoms with E-state index in [0.717, 1.165) is 18.9 Å². The van der Waals surface area contributed by atoms with Crippen LogP contribution in [0.5, 0.6) is 0 Å². The monoisotopic (exact) mass is 254 g/mol. The SMILES string of the molecule is CNC(=O)c1ccc(N2Cc3ccccc3C2)nn1. The molecular formula is C14H14N4O. The average Bonchev–Trinajstić information content (AvgIpc) is 2.90. The first-order valence-corrected chi connectivity index (χ1v) is 6.15. The highest BCUT2D eigenvalue weighted by Crippen LogP contribution is 2.26. The van der Waals surface area contributed by atoms with E-state index < -0.39 is 0 Å². The van der Waals surface area contributed by atoms with Gasteiger partial charge in [-0.2, -0.15) is 0 Å². The van der Waals surface area contributed by atoms with Crippen molar-refractivity contribution < 1.29 is 4.79 Å². The van der Waals surface area contributed by atoms with Gasteiger partial charge in [-0.25, -0.2) is 0 Å². The van der Waals surface area contributed by atoms with Crippen molar-refractivity contribution in [1.29, 1.82) is 0 Å². The van der Waals surface area contributed by atoms with E-state index in [0.29, 0.717) is 5.69 Å². The molecule has 1 aromatic carbocycles. The number of nitrogens with zero attached hydrogens (tertiary/aromatic N) is 3. The largest absolute Gasteiger partial charge is 0.354 e. The lowest BCUT2D eigenvalue weighted by Crippen LogP contribution is -2.21. The smallest absolute Gasteiger partial charge is 0.271 e. The summed E-state index contributed by atoms with van der Waals surface area (Å²) in [6, 6.07) is 11.9. The van der Waals surface area contributed by atoms with Crippen LogP contribution in [0.2, 0.25) is 0 Å². The van der Waals surface area contributed by atoms with E-state index in [2.05, 4.69) is 32.5 Å². The quantitative estimate of drug-likeness (QED) is 0.879. The molecular weight excluding hydrogens is 240 g/mol. The Kier molecular flexibility index (Phi) is 2.87. The Hall–Kier alpha value is -2.43. The van der Waals surface area contributed by atoms with Crippen molar-refractivity contribution in [2.45, 2.75) is 13.1 Å². The van der Waals surface area contributed by atoms with E-state index in [-0.39, 0.29) is 5.91 Å². The molecule has 96 valence electrons. The minimum Gasteiger partial charge on any atom is -0.354 e. The molecule has 1 aromatic heterocycles. The van der Waals surface area contributed by atoms with Crippen LogP contribution in [0.3, 0.4) is 0 Å². The van der Waals surface area contributed by atoms with Gasteiger partial charge in [0, 0.05) is 20.1 Å². The number of carbonyl (C=O) groups excluding carboxylic acids is 1. The van der Waals surface area contributed by atoms with Gasteiger partial charge >= 0.3 is 0 Å². The van der Waals surface area contributed by atoms with Crippen LogP contribution in [0, 0.1) is 0 Å². The topological polar surface area (TPSA) is 58.1 Å².